The van der Waals surface area contributed by atoms with Crippen LogP contribution in [0.25, 0.3) is 0 Å². The molecule has 5 nitrogen and oxygen atoms in total. The van der Waals surface area contributed by atoms with Crippen molar-refractivity contribution in [3.63, 3.8) is 0 Å². The van der Waals surface area contributed by atoms with E-state index in [1.54, 1.807) is 27.9 Å². The lowest BCUT2D eigenvalue weighted by Gasteiger charge is -2.38. The number of carboxylic acid groups (broad SMARTS) is 1. The Morgan fingerprint density at radius 1 is 1.43 bits per heavy atom. The number of carbonyl (C=O) groups excluding carboxylic acids is 1. The molecule has 14 heavy (non-hydrogen) atoms. The average Bonchev–Trinajstić information content (AvgIpc) is 1.97. The topological polar surface area (TPSA) is 83.6 Å². The molecule has 0 aromatic heterocycles. The van der Waals surface area contributed by atoms with Crippen molar-refractivity contribution in [3.8, 4) is 0 Å². The van der Waals surface area contributed by atoms with Crippen molar-refractivity contribution in [2.75, 3.05) is 14.1 Å². The molecular weight excluding hydrogens is 184 g/mol. The Morgan fingerprint density at radius 2 is 1.86 bits per heavy atom. The molecule has 1 unspecified atom stereocenters. The molecule has 0 aliphatic rings. The number of primary amides is 1. The van der Waals surface area contributed by atoms with Crippen molar-refractivity contribution in [3.05, 3.63) is 0 Å². The minimum atomic E-state index is -1.20. The lowest BCUT2D eigenvalue weighted by molar-refractivity contribution is -0.155. The fourth-order valence-electron chi connectivity index (χ4n) is 1.66. The summed E-state index contributed by atoms with van der Waals surface area (Å²) < 4.78 is 0. The third-order valence-electron chi connectivity index (χ3n) is 2.57. The van der Waals surface area contributed by atoms with Crippen LogP contribution < -0.4 is 5.73 Å². The van der Waals surface area contributed by atoms with Gasteiger partial charge in [0.05, 0.1) is 6.42 Å². The lowest BCUT2D eigenvalue weighted by atomic mass is 9.82. The molecule has 0 radical (unpaired) electrons. The number of aliphatic carboxylic acids is 1. The van der Waals surface area contributed by atoms with Gasteiger partial charge in [-0.15, -0.1) is 0 Å². The van der Waals surface area contributed by atoms with E-state index in [4.69, 9.17) is 10.8 Å². The normalized spacial score (nSPS) is 15.6. The van der Waals surface area contributed by atoms with Gasteiger partial charge in [-0.2, -0.15) is 0 Å². The Morgan fingerprint density at radius 3 is 1.93 bits per heavy atom. The highest BCUT2D eigenvalue weighted by molar-refractivity contribution is 5.87. The van der Waals surface area contributed by atoms with E-state index < -0.39 is 17.4 Å². The predicted octanol–water partition coefficient (Wildman–Crippen LogP) is -0.0972. The molecule has 5 heteroatoms. The second kappa shape index (κ2) is 4.41. The summed E-state index contributed by atoms with van der Waals surface area (Å²) in [6.45, 7) is 3.52. The summed E-state index contributed by atoms with van der Waals surface area (Å²) in [4.78, 5) is 23.6. The van der Waals surface area contributed by atoms with Gasteiger partial charge in [0, 0.05) is 0 Å². The van der Waals surface area contributed by atoms with E-state index in [2.05, 4.69) is 0 Å². The van der Waals surface area contributed by atoms with E-state index in [0.29, 0.717) is 0 Å². The Kier molecular flexibility index (Phi) is 4.07. The Bertz CT molecular complexity index is 228. The summed E-state index contributed by atoms with van der Waals surface area (Å²) in [5.74, 6) is -1.81. The SMILES string of the molecule is CC(C)C(CC(N)=O)(C(=O)O)N(C)C. The number of hydrogen-bond donors (Lipinski definition) is 2. The molecule has 0 aromatic carbocycles. The van der Waals surface area contributed by atoms with Crippen LogP contribution in [0.3, 0.4) is 0 Å². The van der Waals surface area contributed by atoms with Gasteiger partial charge in [-0.3, -0.25) is 14.5 Å². The van der Waals surface area contributed by atoms with Crippen molar-refractivity contribution >= 4 is 11.9 Å². The molecule has 0 aliphatic carbocycles. The molecule has 1 amide bonds. The molecule has 0 fully saturated rings. The molecular formula is C9H18N2O3. The van der Waals surface area contributed by atoms with Crippen LogP contribution >= 0.6 is 0 Å². The molecule has 82 valence electrons. The highest BCUT2D eigenvalue weighted by atomic mass is 16.4. The predicted molar refractivity (Wildman–Crippen MR) is 52.7 cm³/mol. The van der Waals surface area contributed by atoms with Crippen LogP contribution in [-0.2, 0) is 9.59 Å². The molecule has 0 aromatic rings. The molecule has 1 atom stereocenters. The number of nitrogens with zero attached hydrogens (tertiary/aromatic N) is 1. The van der Waals surface area contributed by atoms with Crippen molar-refractivity contribution in [2.45, 2.75) is 25.8 Å². The number of rotatable bonds is 5. The highest BCUT2D eigenvalue weighted by Gasteiger charge is 2.45. The minimum absolute atomic E-state index is 0.174. The maximum atomic E-state index is 11.2. The van der Waals surface area contributed by atoms with Gasteiger partial charge in [-0.1, -0.05) is 13.8 Å². The maximum absolute atomic E-state index is 11.2. The first-order valence-electron chi connectivity index (χ1n) is 4.44. The van der Waals surface area contributed by atoms with Crippen molar-refractivity contribution in [2.24, 2.45) is 11.7 Å². The first kappa shape index (κ1) is 12.9. The minimum Gasteiger partial charge on any atom is -0.480 e. The standard InChI is InChI=1S/C9H18N2O3/c1-6(2)9(8(13)14,11(3)4)5-7(10)12/h6H,5H2,1-4H3,(H2,10,12)(H,13,14). The summed E-state index contributed by atoms with van der Waals surface area (Å²) >= 11 is 0. The van der Waals surface area contributed by atoms with Crippen molar-refractivity contribution < 1.29 is 14.7 Å². The fraction of sp³-hybridized carbons (Fsp3) is 0.778. The molecule has 0 aliphatic heterocycles. The van der Waals surface area contributed by atoms with Crippen molar-refractivity contribution in [1.29, 1.82) is 0 Å². The average molecular weight is 202 g/mol. The van der Waals surface area contributed by atoms with E-state index in [-0.39, 0.29) is 12.3 Å². The third-order valence-corrected chi connectivity index (χ3v) is 2.57. The Hall–Kier alpha value is -1.10. The van der Waals surface area contributed by atoms with Gasteiger partial charge >= 0.3 is 5.97 Å². The third kappa shape index (κ3) is 2.23. The lowest BCUT2D eigenvalue weighted by Crippen LogP contribution is -2.57. The van der Waals surface area contributed by atoms with Gasteiger partial charge in [0.2, 0.25) is 5.91 Å². The Balaban J connectivity index is 5.16. The molecule has 0 heterocycles. The van der Waals surface area contributed by atoms with Crippen LogP contribution in [0.1, 0.15) is 20.3 Å². The van der Waals surface area contributed by atoms with Gasteiger partial charge in [0.15, 0.2) is 0 Å². The van der Waals surface area contributed by atoms with Crippen LogP contribution in [0.5, 0.6) is 0 Å². The molecule has 3 N–H and O–H groups in total. The quantitative estimate of drug-likeness (QED) is 0.652. The largest absolute Gasteiger partial charge is 0.480 e. The van der Waals surface area contributed by atoms with E-state index in [1.807, 2.05) is 0 Å². The van der Waals surface area contributed by atoms with E-state index in [9.17, 15) is 9.59 Å². The molecule has 0 bridgehead atoms. The maximum Gasteiger partial charge on any atom is 0.324 e. The zero-order valence-corrected chi connectivity index (χ0v) is 9.07. The first-order valence-corrected chi connectivity index (χ1v) is 4.44. The molecule has 0 saturated heterocycles. The summed E-state index contributed by atoms with van der Waals surface area (Å²) in [5.41, 5.74) is 3.86. The number of likely N-dealkylation sites (N-methyl/N-ethyl adjacent to an activating group) is 1. The zero-order chi connectivity index (χ0) is 11.5. The monoisotopic (exact) mass is 202 g/mol. The summed E-state index contributed by atoms with van der Waals surface area (Å²) in [6, 6.07) is 0. The van der Waals surface area contributed by atoms with Gasteiger partial charge in [-0.05, 0) is 20.0 Å². The van der Waals surface area contributed by atoms with E-state index in [1.165, 1.54) is 4.90 Å². The summed E-state index contributed by atoms with van der Waals surface area (Å²) in [6.07, 6.45) is -0.174. The molecule has 0 spiro atoms. The van der Waals surface area contributed by atoms with Crippen LogP contribution in [0.4, 0.5) is 0 Å². The van der Waals surface area contributed by atoms with E-state index >= 15 is 0 Å². The molecule has 0 saturated carbocycles. The number of carboxylic acids is 1. The first-order chi connectivity index (χ1) is 6.25. The van der Waals surface area contributed by atoms with Crippen LogP contribution in [-0.4, -0.2) is 41.5 Å². The van der Waals surface area contributed by atoms with Gasteiger partial charge in [0.25, 0.3) is 0 Å². The van der Waals surface area contributed by atoms with Gasteiger partial charge in [0.1, 0.15) is 5.54 Å². The van der Waals surface area contributed by atoms with Crippen LogP contribution in [0.2, 0.25) is 0 Å². The smallest absolute Gasteiger partial charge is 0.324 e. The van der Waals surface area contributed by atoms with Gasteiger partial charge in [-0.25, -0.2) is 0 Å². The summed E-state index contributed by atoms with van der Waals surface area (Å²) in [5, 5.41) is 9.16. The second-order valence-electron chi connectivity index (χ2n) is 3.92. The fourth-order valence-corrected chi connectivity index (χ4v) is 1.66. The second-order valence-corrected chi connectivity index (χ2v) is 3.92. The number of carbonyl (C=O) groups is 2. The number of hydrogen-bond acceptors (Lipinski definition) is 3. The van der Waals surface area contributed by atoms with Crippen LogP contribution in [0, 0.1) is 5.92 Å². The number of nitrogens with two attached hydrogens (primary N) is 1. The van der Waals surface area contributed by atoms with Crippen LogP contribution in [0.15, 0.2) is 0 Å². The summed E-state index contributed by atoms with van der Waals surface area (Å²) in [7, 11) is 3.27. The Labute approximate surface area is 83.9 Å². The molecule has 0 rings (SSSR count). The highest BCUT2D eigenvalue weighted by Crippen LogP contribution is 2.26. The van der Waals surface area contributed by atoms with E-state index in [0.717, 1.165) is 0 Å². The van der Waals surface area contributed by atoms with Crippen molar-refractivity contribution in [1.82, 2.24) is 4.90 Å². The van der Waals surface area contributed by atoms with Gasteiger partial charge < -0.3 is 10.8 Å². The zero-order valence-electron chi connectivity index (χ0n) is 9.07. The number of amides is 1.